The molecule has 0 bridgehead atoms. The molecular weight excluding hydrogens is 360 g/mol. The Labute approximate surface area is 153 Å². The van der Waals surface area contributed by atoms with Crippen molar-refractivity contribution in [2.24, 2.45) is 0 Å². The fraction of sp³-hybridized carbons (Fsp3) is 0.333. The van der Waals surface area contributed by atoms with E-state index in [9.17, 15) is 9.59 Å². The molecule has 2 aromatic rings. The number of pyridine rings is 1. The lowest BCUT2D eigenvalue weighted by molar-refractivity contribution is 0.0919. The molecule has 10 nitrogen and oxygen atoms in total. The van der Waals surface area contributed by atoms with Gasteiger partial charge < -0.3 is 27.0 Å². The normalized spacial score (nSPS) is 18.3. The Morgan fingerprint density at radius 2 is 1.92 bits per heavy atom. The van der Waals surface area contributed by atoms with Crippen LogP contribution in [0.1, 0.15) is 10.5 Å². The summed E-state index contributed by atoms with van der Waals surface area (Å²) in [4.78, 5) is 33.5. The van der Waals surface area contributed by atoms with Crippen molar-refractivity contribution in [2.75, 3.05) is 37.2 Å². The van der Waals surface area contributed by atoms with Gasteiger partial charge in [0.15, 0.2) is 0 Å². The summed E-state index contributed by atoms with van der Waals surface area (Å²) in [5, 5.41) is 12.4. The van der Waals surface area contributed by atoms with E-state index in [1.54, 1.807) is 0 Å². The monoisotopic (exact) mass is 376 g/mol. The van der Waals surface area contributed by atoms with Gasteiger partial charge in [0.1, 0.15) is 35.0 Å². The number of nitrogen functional groups attached to an aromatic ring is 1. The fourth-order valence-electron chi connectivity index (χ4n) is 3.27. The Morgan fingerprint density at radius 1 is 1.19 bits per heavy atom. The van der Waals surface area contributed by atoms with E-state index in [1.165, 1.54) is 23.0 Å². The molecule has 1 fully saturated rings. The number of rotatable bonds is 2. The molecule has 4 rings (SSSR count). The number of hydrogen-bond donors (Lipinski definition) is 5. The number of nitrogens with one attached hydrogen (secondary N) is 4. The summed E-state index contributed by atoms with van der Waals surface area (Å²) in [6, 6.07) is 2.92. The highest BCUT2D eigenvalue weighted by molar-refractivity contribution is 6.34. The van der Waals surface area contributed by atoms with Crippen molar-refractivity contribution in [1.82, 2.24) is 30.5 Å². The number of fused-ring (bicyclic) bond motifs is 2. The highest BCUT2D eigenvalue weighted by Crippen LogP contribution is 2.29. The number of anilines is 3. The summed E-state index contributed by atoms with van der Waals surface area (Å²) < 4.78 is 1.41. The van der Waals surface area contributed by atoms with Gasteiger partial charge in [0.25, 0.3) is 11.5 Å². The molecule has 0 aliphatic carbocycles. The lowest BCUT2D eigenvalue weighted by atomic mass is 10.1. The van der Waals surface area contributed by atoms with Crippen molar-refractivity contribution < 1.29 is 4.79 Å². The van der Waals surface area contributed by atoms with Crippen LogP contribution >= 0.6 is 11.6 Å². The number of nitrogens with two attached hydrogens (primary N) is 1. The minimum absolute atomic E-state index is 0.148. The van der Waals surface area contributed by atoms with Crippen LogP contribution in [-0.2, 0) is 5.66 Å². The maximum Gasteiger partial charge on any atom is 0.277 e. The zero-order valence-electron chi connectivity index (χ0n) is 13.7. The van der Waals surface area contributed by atoms with Gasteiger partial charge in [-0.1, -0.05) is 11.6 Å². The summed E-state index contributed by atoms with van der Waals surface area (Å²) in [7, 11) is 0. The van der Waals surface area contributed by atoms with Crippen molar-refractivity contribution in [3.63, 3.8) is 0 Å². The fourth-order valence-corrected chi connectivity index (χ4v) is 3.55. The van der Waals surface area contributed by atoms with Crippen molar-refractivity contribution in [3.8, 4) is 0 Å². The molecule has 1 spiro atoms. The first-order valence-electron chi connectivity index (χ1n) is 8.05. The Hall–Kier alpha value is -2.69. The molecule has 11 heteroatoms. The van der Waals surface area contributed by atoms with Gasteiger partial charge in [0.05, 0.1) is 5.02 Å². The maximum absolute atomic E-state index is 13.2. The number of nitrogens with zero attached hydrogens (tertiary/aromatic N) is 3. The summed E-state index contributed by atoms with van der Waals surface area (Å²) >= 11 is 6.32. The Kier molecular flexibility index (Phi) is 4.02. The number of amides is 1. The lowest BCUT2D eigenvalue weighted by Crippen LogP contribution is -2.57. The topological polar surface area (TPSA) is 139 Å². The van der Waals surface area contributed by atoms with E-state index in [2.05, 4.69) is 31.2 Å². The first-order chi connectivity index (χ1) is 12.5. The minimum atomic E-state index is -0.925. The van der Waals surface area contributed by atoms with Gasteiger partial charge in [-0.05, 0) is 6.07 Å². The molecule has 2 aromatic heterocycles. The van der Waals surface area contributed by atoms with Crippen molar-refractivity contribution in [2.45, 2.75) is 5.66 Å². The number of aromatic nitrogens is 3. The molecule has 0 radical (unpaired) electrons. The van der Waals surface area contributed by atoms with Crippen LogP contribution in [0.15, 0.2) is 23.3 Å². The summed E-state index contributed by atoms with van der Waals surface area (Å²) in [6.45, 7) is 2.26. The standard InChI is InChI=1S/C15H17ClN8O2/c16-8-3-9(22-11-4-10(17)20-7-21-11)14(26)24-12(8)13(25)23-15(24)5-18-1-2-19-6-15/h3-4,7,18-19H,1-2,5-6H2,(H,23,25)(H3,17,20,21,22). The Balaban J connectivity index is 1.84. The molecule has 26 heavy (non-hydrogen) atoms. The van der Waals surface area contributed by atoms with Gasteiger partial charge in [-0.25, -0.2) is 9.97 Å². The van der Waals surface area contributed by atoms with Crippen molar-refractivity contribution in [3.05, 3.63) is 39.5 Å². The van der Waals surface area contributed by atoms with Crippen LogP contribution in [-0.4, -0.2) is 46.6 Å². The predicted molar refractivity (Wildman–Crippen MR) is 96.6 cm³/mol. The third kappa shape index (κ3) is 2.68. The molecule has 0 unspecified atom stereocenters. The largest absolute Gasteiger partial charge is 0.384 e. The minimum Gasteiger partial charge on any atom is -0.384 e. The molecular formula is C15H17ClN8O2. The highest BCUT2D eigenvalue weighted by atomic mass is 35.5. The van der Waals surface area contributed by atoms with E-state index >= 15 is 0 Å². The number of hydrogen-bond acceptors (Lipinski definition) is 8. The quantitative estimate of drug-likeness (QED) is 0.459. The van der Waals surface area contributed by atoms with Crippen LogP contribution in [0.2, 0.25) is 5.02 Å². The second-order valence-electron chi connectivity index (χ2n) is 6.19. The van der Waals surface area contributed by atoms with E-state index in [-0.39, 0.29) is 33.7 Å². The molecule has 6 N–H and O–H groups in total. The maximum atomic E-state index is 13.2. The van der Waals surface area contributed by atoms with Gasteiger partial charge in [0, 0.05) is 32.2 Å². The molecule has 1 saturated heterocycles. The van der Waals surface area contributed by atoms with Crippen LogP contribution < -0.4 is 32.6 Å². The zero-order valence-corrected chi connectivity index (χ0v) is 14.4. The van der Waals surface area contributed by atoms with Gasteiger partial charge in [-0.2, -0.15) is 0 Å². The van der Waals surface area contributed by atoms with Crippen LogP contribution in [0.5, 0.6) is 0 Å². The van der Waals surface area contributed by atoms with Crippen LogP contribution in [0.3, 0.4) is 0 Å². The Morgan fingerprint density at radius 3 is 2.62 bits per heavy atom. The smallest absolute Gasteiger partial charge is 0.277 e. The first kappa shape index (κ1) is 16.8. The summed E-state index contributed by atoms with van der Waals surface area (Å²) in [5.74, 6) is 0.241. The van der Waals surface area contributed by atoms with Gasteiger partial charge in [0.2, 0.25) is 0 Å². The first-order valence-corrected chi connectivity index (χ1v) is 8.42. The molecule has 2 aliphatic rings. The predicted octanol–water partition coefficient (Wildman–Crippen LogP) is -0.793. The molecule has 4 heterocycles. The average Bonchev–Trinajstić information content (AvgIpc) is 2.73. The molecule has 2 aliphatic heterocycles. The van der Waals surface area contributed by atoms with Gasteiger partial charge in [-0.15, -0.1) is 0 Å². The average molecular weight is 377 g/mol. The second-order valence-corrected chi connectivity index (χ2v) is 6.59. The third-order valence-corrected chi connectivity index (χ3v) is 4.70. The van der Waals surface area contributed by atoms with Crippen molar-refractivity contribution in [1.29, 1.82) is 0 Å². The number of carbonyl (C=O) groups is 1. The van der Waals surface area contributed by atoms with E-state index < -0.39 is 5.66 Å². The second kappa shape index (κ2) is 6.24. The van der Waals surface area contributed by atoms with Crippen LogP contribution in [0, 0.1) is 0 Å². The highest BCUT2D eigenvalue weighted by Gasteiger charge is 2.45. The van der Waals surface area contributed by atoms with E-state index in [0.717, 1.165) is 13.1 Å². The van der Waals surface area contributed by atoms with E-state index in [0.29, 0.717) is 18.9 Å². The molecule has 1 amide bonds. The van der Waals surface area contributed by atoms with Gasteiger partial charge >= 0.3 is 0 Å². The van der Waals surface area contributed by atoms with E-state index in [4.69, 9.17) is 17.3 Å². The zero-order chi connectivity index (χ0) is 18.3. The van der Waals surface area contributed by atoms with Crippen LogP contribution in [0.25, 0.3) is 0 Å². The molecule has 0 aromatic carbocycles. The van der Waals surface area contributed by atoms with E-state index in [1.807, 2.05) is 0 Å². The summed E-state index contributed by atoms with van der Waals surface area (Å²) in [5.41, 5.74) is 4.68. The number of halogens is 1. The third-order valence-electron chi connectivity index (χ3n) is 4.41. The van der Waals surface area contributed by atoms with Gasteiger partial charge in [-0.3, -0.25) is 14.2 Å². The molecule has 136 valence electrons. The molecule has 0 atom stereocenters. The van der Waals surface area contributed by atoms with Crippen LogP contribution in [0.4, 0.5) is 17.3 Å². The summed E-state index contributed by atoms with van der Waals surface area (Å²) in [6.07, 6.45) is 1.29. The Bertz CT molecular complexity index is 936. The number of carbonyl (C=O) groups excluding carboxylic acids is 1. The SMILES string of the molecule is Nc1cc(Nc2cc(Cl)c3n(c2=O)C2(CNCCNC2)NC3=O)ncn1. The lowest BCUT2D eigenvalue weighted by Gasteiger charge is -2.30. The van der Waals surface area contributed by atoms with Crippen molar-refractivity contribution >= 4 is 34.8 Å². The molecule has 0 saturated carbocycles.